The average Bonchev–Trinajstić information content (AvgIpc) is 2.90. The van der Waals surface area contributed by atoms with E-state index in [2.05, 4.69) is 0 Å². The van der Waals surface area contributed by atoms with Crippen molar-refractivity contribution >= 4 is 22.6 Å². The Labute approximate surface area is 154 Å². The number of hydrogen-bond acceptors (Lipinski definition) is 4. The van der Waals surface area contributed by atoms with E-state index in [1.807, 2.05) is 49.7 Å². The van der Waals surface area contributed by atoms with Gasteiger partial charge in [-0.3, -0.25) is 0 Å². The summed E-state index contributed by atoms with van der Waals surface area (Å²) in [6.07, 6.45) is 4.60. The highest BCUT2D eigenvalue weighted by Crippen LogP contribution is 2.32. The zero-order valence-corrected chi connectivity index (χ0v) is 15.9. The molecule has 6 nitrogen and oxygen atoms in total. The van der Waals surface area contributed by atoms with Crippen LogP contribution in [0.25, 0.3) is 10.8 Å². The molecule has 0 radical (unpaired) electrons. The normalized spacial score (nSPS) is 16.2. The molecule has 1 aromatic heterocycles. The second-order valence-electron chi connectivity index (χ2n) is 8.15. The van der Waals surface area contributed by atoms with Crippen LogP contribution < -0.4 is 5.73 Å². The summed E-state index contributed by atoms with van der Waals surface area (Å²) >= 11 is 0. The van der Waals surface area contributed by atoms with Crippen LogP contribution in [-0.4, -0.2) is 39.4 Å². The van der Waals surface area contributed by atoms with Gasteiger partial charge in [-0.05, 0) is 58.1 Å². The van der Waals surface area contributed by atoms with Gasteiger partial charge in [0.15, 0.2) is 5.88 Å². The summed E-state index contributed by atoms with van der Waals surface area (Å²) in [6, 6.07) is 5.59. The first-order valence-electron chi connectivity index (χ1n) is 9.29. The first-order chi connectivity index (χ1) is 12.2. The van der Waals surface area contributed by atoms with Gasteiger partial charge in [0.1, 0.15) is 5.60 Å². The molecule has 142 valence electrons. The Morgan fingerprint density at radius 1 is 1.27 bits per heavy atom. The Hall–Kier alpha value is -2.37. The Balaban J connectivity index is 1.54. The van der Waals surface area contributed by atoms with E-state index in [-0.39, 0.29) is 12.0 Å². The highest BCUT2D eigenvalue weighted by atomic mass is 16.6. The predicted molar refractivity (Wildman–Crippen MR) is 103 cm³/mol. The SMILES string of the molecule is CC(C)(C)OC(=O)N1CCC(CCn2cc3c(N)cccc3c2O)CC1. The zero-order chi connectivity index (χ0) is 18.9. The van der Waals surface area contributed by atoms with Crippen molar-refractivity contribution in [3.05, 3.63) is 24.4 Å². The fraction of sp³-hybridized carbons (Fsp3) is 0.550. The number of anilines is 1. The maximum absolute atomic E-state index is 12.1. The first-order valence-corrected chi connectivity index (χ1v) is 9.29. The van der Waals surface area contributed by atoms with Crippen LogP contribution in [0.1, 0.15) is 40.0 Å². The van der Waals surface area contributed by atoms with Crippen LogP contribution >= 0.6 is 0 Å². The fourth-order valence-corrected chi connectivity index (χ4v) is 3.52. The van der Waals surface area contributed by atoms with Crippen LogP contribution in [0.5, 0.6) is 5.88 Å². The van der Waals surface area contributed by atoms with Gasteiger partial charge in [0.2, 0.25) is 0 Å². The minimum Gasteiger partial charge on any atom is -0.494 e. The van der Waals surface area contributed by atoms with Crippen LogP contribution in [0.15, 0.2) is 24.4 Å². The van der Waals surface area contributed by atoms with E-state index in [4.69, 9.17) is 10.5 Å². The van der Waals surface area contributed by atoms with E-state index in [1.165, 1.54) is 0 Å². The molecule has 26 heavy (non-hydrogen) atoms. The van der Waals surface area contributed by atoms with Crippen molar-refractivity contribution in [1.82, 2.24) is 9.47 Å². The fourth-order valence-electron chi connectivity index (χ4n) is 3.52. The Morgan fingerprint density at radius 3 is 2.58 bits per heavy atom. The van der Waals surface area contributed by atoms with Gasteiger partial charge in [0, 0.05) is 42.3 Å². The van der Waals surface area contributed by atoms with E-state index >= 15 is 0 Å². The number of aromatic nitrogens is 1. The Bertz CT molecular complexity index is 783. The summed E-state index contributed by atoms with van der Waals surface area (Å²) in [5, 5.41) is 12.1. The number of nitrogen functional groups attached to an aromatic ring is 1. The van der Waals surface area contributed by atoms with E-state index in [9.17, 15) is 9.90 Å². The maximum atomic E-state index is 12.1. The van der Waals surface area contributed by atoms with Crippen LogP contribution in [-0.2, 0) is 11.3 Å². The zero-order valence-electron chi connectivity index (χ0n) is 15.9. The van der Waals surface area contributed by atoms with Crippen LogP contribution in [0.2, 0.25) is 0 Å². The molecule has 0 spiro atoms. The molecule has 1 aliphatic rings. The number of amides is 1. The molecule has 0 saturated carbocycles. The number of carbonyl (C=O) groups is 1. The predicted octanol–water partition coefficient (Wildman–Crippen LogP) is 3.97. The van der Waals surface area contributed by atoms with Crippen LogP contribution in [0.4, 0.5) is 10.5 Å². The third-order valence-electron chi connectivity index (χ3n) is 4.98. The summed E-state index contributed by atoms with van der Waals surface area (Å²) in [7, 11) is 0. The molecular formula is C20H29N3O3. The first kappa shape index (κ1) is 18.4. The smallest absolute Gasteiger partial charge is 0.410 e. The van der Waals surface area contributed by atoms with Gasteiger partial charge in [0.25, 0.3) is 0 Å². The van der Waals surface area contributed by atoms with E-state index in [0.717, 1.165) is 49.7 Å². The van der Waals surface area contributed by atoms with Gasteiger partial charge in [0.05, 0.1) is 0 Å². The minimum absolute atomic E-state index is 0.222. The highest BCUT2D eigenvalue weighted by Gasteiger charge is 2.26. The van der Waals surface area contributed by atoms with Crippen LogP contribution in [0, 0.1) is 5.92 Å². The average molecular weight is 359 g/mol. The third kappa shape index (κ3) is 4.06. The monoisotopic (exact) mass is 359 g/mol. The van der Waals surface area contributed by atoms with Crippen molar-refractivity contribution in [3.8, 4) is 5.88 Å². The number of piperidine rings is 1. The molecular weight excluding hydrogens is 330 g/mol. The van der Waals surface area contributed by atoms with E-state index in [0.29, 0.717) is 11.6 Å². The molecule has 0 unspecified atom stereocenters. The number of carbonyl (C=O) groups excluding carboxylic acids is 1. The topological polar surface area (TPSA) is 80.7 Å². The van der Waals surface area contributed by atoms with Crippen LogP contribution in [0.3, 0.4) is 0 Å². The number of likely N-dealkylation sites (tertiary alicyclic amines) is 1. The number of fused-ring (bicyclic) bond motifs is 1. The summed E-state index contributed by atoms with van der Waals surface area (Å²) in [4.78, 5) is 13.9. The number of nitrogens with two attached hydrogens (primary N) is 1. The van der Waals surface area contributed by atoms with Crippen molar-refractivity contribution in [2.45, 2.75) is 52.2 Å². The quantitative estimate of drug-likeness (QED) is 0.813. The van der Waals surface area contributed by atoms with Crippen molar-refractivity contribution in [3.63, 3.8) is 0 Å². The number of nitrogens with zero attached hydrogens (tertiary/aromatic N) is 2. The third-order valence-corrected chi connectivity index (χ3v) is 4.98. The summed E-state index contributed by atoms with van der Waals surface area (Å²) in [6.45, 7) is 7.86. The van der Waals surface area contributed by atoms with Gasteiger partial charge in [-0.1, -0.05) is 6.07 Å². The lowest BCUT2D eigenvalue weighted by Gasteiger charge is -2.33. The molecule has 1 fully saturated rings. The molecule has 0 aliphatic carbocycles. The van der Waals surface area contributed by atoms with Crippen molar-refractivity contribution in [1.29, 1.82) is 0 Å². The Morgan fingerprint density at radius 2 is 1.96 bits per heavy atom. The highest BCUT2D eigenvalue weighted by molar-refractivity contribution is 5.96. The molecule has 2 heterocycles. The lowest BCUT2D eigenvalue weighted by molar-refractivity contribution is 0.0180. The second-order valence-corrected chi connectivity index (χ2v) is 8.15. The lowest BCUT2D eigenvalue weighted by atomic mass is 9.94. The van der Waals surface area contributed by atoms with Crippen molar-refractivity contribution < 1.29 is 14.6 Å². The molecule has 1 amide bonds. The number of hydrogen-bond donors (Lipinski definition) is 2. The standard InChI is InChI=1S/C20H29N3O3/c1-20(2,3)26-19(25)22-10-7-14(8-11-22)9-12-23-13-16-15(18(23)24)5-4-6-17(16)21/h4-6,13-14,24H,7-12,21H2,1-3H3. The van der Waals surface area contributed by atoms with Gasteiger partial charge >= 0.3 is 6.09 Å². The second kappa shape index (κ2) is 7.09. The van der Waals surface area contributed by atoms with E-state index < -0.39 is 5.60 Å². The summed E-state index contributed by atoms with van der Waals surface area (Å²) < 4.78 is 7.32. The van der Waals surface area contributed by atoms with Gasteiger partial charge in [-0.15, -0.1) is 0 Å². The molecule has 6 heteroatoms. The minimum atomic E-state index is -0.455. The molecule has 1 aromatic carbocycles. The molecule has 3 N–H and O–H groups in total. The Kier molecular flexibility index (Phi) is 5.03. The summed E-state index contributed by atoms with van der Waals surface area (Å²) in [5.41, 5.74) is 6.22. The number of benzene rings is 1. The van der Waals surface area contributed by atoms with Gasteiger partial charge < -0.3 is 25.0 Å². The lowest BCUT2D eigenvalue weighted by Crippen LogP contribution is -2.41. The molecule has 2 aromatic rings. The number of ether oxygens (including phenoxy) is 1. The number of aromatic hydroxyl groups is 1. The van der Waals surface area contributed by atoms with Crippen molar-refractivity contribution in [2.24, 2.45) is 5.92 Å². The van der Waals surface area contributed by atoms with E-state index in [1.54, 1.807) is 4.90 Å². The summed E-state index contributed by atoms with van der Waals surface area (Å²) in [5.74, 6) is 0.814. The largest absolute Gasteiger partial charge is 0.494 e. The molecule has 0 atom stereocenters. The number of aryl methyl sites for hydroxylation is 1. The van der Waals surface area contributed by atoms with Gasteiger partial charge in [-0.25, -0.2) is 4.79 Å². The van der Waals surface area contributed by atoms with Gasteiger partial charge in [-0.2, -0.15) is 0 Å². The molecule has 0 bridgehead atoms. The van der Waals surface area contributed by atoms with Crippen molar-refractivity contribution in [2.75, 3.05) is 18.8 Å². The molecule has 1 aliphatic heterocycles. The molecule has 3 rings (SSSR count). The maximum Gasteiger partial charge on any atom is 0.410 e. The molecule has 1 saturated heterocycles. The number of rotatable bonds is 3.